The molecular weight excluding hydrogens is 349 g/mol. The number of ether oxygens (including phenoxy) is 1. The molecule has 1 heterocycles. The van der Waals surface area contributed by atoms with Crippen molar-refractivity contribution in [3.8, 4) is 18.1 Å². The lowest BCUT2D eigenvalue weighted by atomic mass is 10.1. The first-order valence-electron chi connectivity index (χ1n) is 5.99. The molecule has 19 heavy (non-hydrogen) atoms. The fourth-order valence-electron chi connectivity index (χ4n) is 2.13. The number of nitrogens with zero attached hydrogens (tertiary/aromatic N) is 1. The van der Waals surface area contributed by atoms with E-state index in [-0.39, 0.29) is 0 Å². The molecule has 0 amide bonds. The first-order valence-corrected chi connectivity index (χ1v) is 7.07. The summed E-state index contributed by atoms with van der Waals surface area (Å²) in [5.41, 5.74) is 3.21. The molecule has 3 heteroatoms. The summed E-state index contributed by atoms with van der Waals surface area (Å²) in [4.78, 5) is 2.20. The Morgan fingerprint density at radius 3 is 2.68 bits per heavy atom. The van der Waals surface area contributed by atoms with Crippen molar-refractivity contribution in [2.75, 3.05) is 11.6 Å². The smallest absolute Gasteiger partial charge is 0.161 e. The number of benzene rings is 2. The van der Waals surface area contributed by atoms with Gasteiger partial charge in [-0.1, -0.05) is 12.0 Å². The number of rotatable bonds is 1. The van der Waals surface area contributed by atoms with Gasteiger partial charge in [0.2, 0.25) is 0 Å². The first kappa shape index (κ1) is 12.4. The van der Waals surface area contributed by atoms with Gasteiger partial charge in [0.05, 0.1) is 0 Å². The average molecular weight is 361 g/mol. The Balaban J connectivity index is 1.86. The Hall–Kier alpha value is -1.67. The summed E-state index contributed by atoms with van der Waals surface area (Å²) in [6.45, 7) is 1.41. The molecule has 0 saturated carbocycles. The molecule has 0 aliphatic carbocycles. The van der Waals surface area contributed by atoms with Crippen LogP contribution in [0.5, 0.6) is 5.75 Å². The van der Waals surface area contributed by atoms with E-state index >= 15 is 0 Å². The van der Waals surface area contributed by atoms with Gasteiger partial charge in [-0.05, 0) is 59.0 Å². The highest BCUT2D eigenvalue weighted by Gasteiger charge is 2.17. The molecule has 0 fully saturated rings. The fraction of sp³-hybridized carbons (Fsp3) is 0.125. The quantitative estimate of drug-likeness (QED) is 0.568. The maximum Gasteiger partial charge on any atom is 0.161 e. The van der Waals surface area contributed by atoms with Gasteiger partial charge in [0.15, 0.2) is 6.73 Å². The molecule has 0 unspecified atom stereocenters. The zero-order valence-electron chi connectivity index (χ0n) is 10.3. The minimum absolute atomic E-state index is 0.557. The molecule has 0 saturated heterocycles. The predicted molar refractivity (Wildman–Crippen MR) is 85.2 cm³/mol. The summed E-state index contributed by atoms with van der Waals surface area (Å²) in [6.07, 6.45) is 5.40. The first-order chi connectivity index (χ1) is 9.26. The van der Waals surface area contributed by atoms with Gasteiger partial charge in [0.25, 0.3) is 0 Å². The van der Waals surface area contributed by atoms with Crippen LogP contribution in [-0.4, -0.2) is 6.73 Å². The largest absolute Gasteiger partial charge is 0.473 e. The Morgan fingerprint density at radius 1 is 1.16 bits per heavy atom. The van der Waals surface area contributed by atoms with Crippen LogP contribution in [-0.2, 0) is 6.54 Å². The molecule has 0 aromatic heterocycles. The molecule has 2 nitrogen and oxygen atoms in total. The molecule has 0 atom stereocenters. The molecule has 1 aliphatic rings. The van der Waals surface area contributed by atoms with Crippen LogP contribution in [0.4, 0.5) is 5.69 Å². The highest BCUT2D eigenvalue weighted by molar-refractivity contribution is 14.1. The molecule has 0 spiro atoms. The van der Waals surface area contributed by atoms with Crippen molar-refractivity contribution >= 4 is 28.3 Å². The number of terminal acetylenes is 1. The van der Waals surface area contributed by atoms with Gasteiger partial charge in [0.1, 0.15) is 5.75 Å². The molecule has 94 valence electrons. The summed E-state index contributed by atoms with van der Waals surface area (Å²) in [6, 6.07) is 14.4. The maximum absolute atomic E-state index is 5.79. The van der Waals surface area contributed by atoms with Gasteiger partial charge < -0.3 is 9.64 Å². The van der Waals surface area contributed by atoms with Gasteiger partial charge >= 0.3 is 0 Å². The zero-order valence-corrected chi connectivity index (χ0v) is 12.4. The van der Waals surface area contributed by atoms with Gasteiger partial charge in [-0.3, -0.25) is 0 Å². The lowest BCUT2D eigenvalue weighted by molar-refractivity contribution is 0.289. The van der Waals surface area contributed by atoms with Crippen molar-refractivity contribution in [3.63, 3.8) is 0 Å². The van der Waals surface area contributed by atoms with E-state index in [9.17, 15) is 0 Å². The highest BCUT2D eigenvalue weighted by Crippen LogP contribution is 2.29. The minimum Gasteiger partial charge on any atom is -0.473 e. The number of anilines is 1. The molecule has 2 aromatic rings. The van der Waals surface area contributed by atoms with Crippen molar-refractivity contribution in [3.05, 3.63) is 57.2 Å². The van der Waals surface area contributed by atoms with Gasteiger partial charge in [0, 0.05) is 26.9 Å². The van der Waals surface area contributed by atoms with Crippen molar-refractivity contribution < 1.29 is 4.74 Å². The molecule has 0 N–H and O–H groups in total. The lowest BCUT2D eigenvalue weighted by Gasteiger charge is -2.30. The standard InChI is InChI=1S/C16H12INO/c1-2-12-3-4-13-10-18(11-19-16(13)9-12)15-7-5-14(17)6-8-15/h1,3-9H,10-11H2. The molecule has 3 rings (SSSR count). The van der Waals surface area contributed by atoms with Crippen LogP contribution in [0.2, 0.25) is 0 Å². The van der Waals surface area contributed by atoms with Crippen LogP contribution in [0.3, 0.4) is 0 Å². The van der Waals surface area contributed by atoms with Crippen molar-refractivity contribution in [2.45, 2.75) is 6.54 Å². The van der Waals surface area contributed by atoms with Crippen LogP contribution in [0, 0.1) is 15.9 Å². The summed E-state index contributed by atoms with van der Waals surface area (Å²) in [7, 11) is 0. The SMILES string of the molecule is C#Cc1ccc2c(c1)OCN(c1ccc(I)cc1)C2. The van der Waals surface area contributed by atoms with Crippen molar-refractivity contribution in [1.82, 2.24) is 0 Å². The summed E-state index contributed by atoms with van der Waals surface area (Å²) < 4.78 is 7.03. The number of halogens is 1. The van der Waals surface area contributed by atoms with E-state index in [1.54, 1.807) is 0 Å². The van der Waals surface area contributed by atoms with E-state index in [4.69, 9.17) is 11.2 Å². The van der Waals surface area contributed by atoms with Crippen LogP contribution < -0.4 is 9.64 Å². The predicted octanol–water partition coefficient (Wildman–Crippen LogP) is 3.63. The monoisotopic (exact) mass is 361 g/mol. The van der Waals surface area contributed by atoms with Crippen molar-refractivity contribution in [2.24, 2.45) is 0 Å². The number of fused-ring (bicyclic) bond motifs is 1. The van der Waals surface area contributed by atoms with Gasteiger partial charge in [-0.2, -0.15) is 0 Å². The van der Waals surface area contributed by atoms with Crippen LogP contribution in [0.15, 0.2) is 42.5 Å². The van der Waals surface area contributed by atoms with E-state index < -0.39 is 0 Å². The molecule has 1 aliphatic heterocycles. The van der Waals surface area contributed by atoms with E-state index in [1.807, 2.05) is 18.2 Å². The second-order valence-electron chi connectivity index (χ2n) is 4.41. The van der Waals surface area contributed by atoms with Crippen LogP contribution in [0.25, 0.3) is 0 Å². The summed E-state index contributed by atoms with van der Waals surface area (Å²) in [5, 5.41) is 0. The van der Waals surface area contributed by atoms with E-state index in [2.05, 4.69) is 57.7 Å². The Kier molecular flexibility index (Phi) is 3.34. The Morgan fingerprint density at radius 2 is 1.95 bits per heavy atom. The summed E-state index contributed by atoms with van der Waals surface area (Å²) in [5.74, 6) is 3.53. The van der Waals surface area contributed by atoms with Crippen molar-refractivity contribution in [1.29, 1.82) is 0 Å². The maximum atomic E-state index is 5.79. The molecule has 2 aromatic carbocycles. The number of hydrogen-bond donors (Lipinski definition) is 0. The highest BCUT2D eigenvalue weighted by atomic mass is 127. The second-order valence-corrected chi connectivity index (χ2v) is 5.66. The van der Waals surface area contributed by atoms with Crippen LogP contribution in [0.1, 0.15) is 11.1 Å². The van der Waals surface area contributed by atoms with E-state index in [0.29, 0.717) is 6.73 Å². The lowest BCUT2D eigenvalue weighted by Crippen LogP contribution is -2.31. The third-order valence-corrected chi connectivity index (χ3v) is 3.88. The zero-order chi connectivity index (χ0) is 13.2. The summed E-state index contributed by atoms with van der Waals surface area (Å²) >= 11 is 2.31. The fourth-order valence-corrected chi connectivity index (χ4v) is 2.49. The second kappa shape index (κ2) is 5.14. The Labute approximate surface area is 126 Å². The van der Waals surface area contributed by atoms with Gasteiger partial charge in [-0.25, -0.2) is 0 Å². The molecule has 0 radical (unpaired) electrons. The third kappa shape index (κ3) is 2.54. The average Bonchev–Trinajstić information content (AvgIpc) is 2.47. The Bertz CT molecular complexity index is 643. The van der Waals surface area contributed by atoms with Crippen LogP contribution >= 0.6 is 22.6 Å². The molecular formula is C16H12INO. The molecule has 0 bridgehead atoms. The number of hydrogen-bond acceptors (Lipinski definition) is 2. The van der Waals surface area contributed by atoms with Gasteiger partial charge in [-0.15, -0.1) is 6.42 Å². The van der Waals surface area contributed by atoms with E-state index in [0.717, 1.165) is 17.9 Å². The third-order valence-electron chi connectivity index (χ3n) is 3.16. The normalized spacial score (nSPS) is 13.4. The minimum atomic E-state index is 0.557. The van der Waals surface area contributed by atoms with E-state index in [1.165, 1.54) is 14.8 Å². The topological polar surface area (TPSA) is 12.5 Å².